The zero-order valence-corrected chi connectivity index (χ0v) is 48.9. The van der Waals surface area contributed by atoms with Gasteiger partial charge in [0.15, 0.2) is 6.10 Å². The predicted molar refractivity (Wildman–Crippen MR) is 325 cm³/mol. The molecule has 78 heavy (non-hydrogen) atoms. The van der Waals surface area contributed by atoms with Crippen LogP contribution in [0.4, 0.5) is 0 Å². The largest absolute Gasteiger partial charge is 0.472 e. The Kier molecular flexibility index (Phi) is 54.2. The molecule has 0 aliphatic carbocycles. The Morgan fingerprint density at radius 2 is 0.692 bits per heavy atom. The highest BCUT2D eigenvalue weighted by molar-refractivity contribution is 7.47. The van der Waals surface area contributed by atoms with Gasteiger partial charge in [0.1, 0.15) is 12.7 Å². The first-order chi connectivity index (χ1) is 38.2. The zero-order chi connectivity index (χ0) is 56.9. The summed E-state index contributed by atoms with van der Waals surface area (Å²) in [7, 11) is -4.81. The molecule has 0 aromatic rings. The van der Waals surface area contributed by atoms with Crippen molar-refractivity contribution in [2.24, 2.45) is 0 Å². The number of carbonyl (C=O) groups is 3. The van der Waals surface area contributed by atoms with Gasteiger partial charge in [-0.2, -0.15) is 0 Å². The number of ether oxygens (including phenoxy) is 3. The second-order valence-corrected chi connectivity index (χ2v) is 19.8. The minimum absolute atomic E-state index is 0.0121. The molecule has 0 aromatic heterocycles. The van der Waals surface area contributed by atoms with Crippen molar-refractivity contribution in [1.29, 1.82) is 0 Å². The van der Waals surface area contributed by atoms with Crippen LogP contribution in [0.25, 0.3) is 0 Å². The number of aliphatic hydroxyl groups is 1. The third-order valence-corrected chi connectivity index (χ3v) is 12.1. The van der Waals surface area contributed by atoms with Crippen LogP contribution in [0.1, 0.15) is 188 Å². The van der Waals surface area contributed by atoms with Crippen LogP contribution < -0.4 is 0 Å². The highest BCUT2D eigenvalue weighted by Gasteiger charge is 2.28. The van der Waals surface area contributed by atoms with Crippen LogP contribution in [0.3, 0.4) is 0 Å². The second-order valence-electron chi connectivity index (χ2n) is 18.3. The molecule has 0 saturated carbocycles. The van der Waals surface area contributed by atoms with Gasteiger partial charge < -0.3 is 24.2 Å². The van der Waals surface area contributed by atoms with Crippen molar-refractivity contribution in [1.82, 2.24) is 0 Å². The Hall–Kier alpha value is -5.16. The maximum Gasteiger partial charge on any atom is 0.472 e. The Bertz CT molecular complexity index is 1960. The summed E-state index contributed by atoms with van der Waals surface area (Å²) < 4.78 is 39.3. The smallest absolute Gasteiger partial charge is 0.461 e. The third-order valence-electron chi connectivity index (χ3n) is 11.2. The average molecular weight is 1100 g/mol. The highest BCUT2D eigenvalue weighted by Crippen LogP contribution is 2.43. The lowest BCUT2D eigenvalue weighted by Crippen LogP contribution is -2.30. The van der Waals surface area contributed by atoms with Gasteiger partial charge in [-0.05, 0) is 116 Å². The summed E-state index contributed by atoms with van der Waals surface area (Å²) in [4.78, 5) is 48.5. The van der Waals surface area contributed by atoms with Gasteiger partial charge in [0.25, 0.3) is 0 Å². The summed E-state index contributed by atoms with van der Waals surface area (Å²) in [6, 6.07) is 0. The topological polar surface area (TPSA) is 155 Å². The molecule has 0 aliphatic rings. The lowest BCUT2D eigenvalue weighted by Gasteiger charge is -2.21. The number of esters is 3. The van der Waals surface area contributed by atoms with Crippen molar-refractivity contribution in [2.45, 2.75) is 200 Å². The van der Waals surface area contributed by atoms with E-state index >= 15 is 0 Å². The molecule has 436 valence electrons. The van der Waals surface area contributed by atoms with Crippen LogP contribution in [0.2, 0.25) is 0 Å². The average Bonchev–Trinajstić information content (AvgIpc) is 3.43. The minimum atomic E-state index is -4.81. The van der Waals surface area contributed by atoms with E-state index in [1.807, 2.05) is 30.4 Å². The van der Waals surface area contributed by atoms with Crippen LogP contribution in [0, 0.1) is 0 Å². The molecule has 0 saturated heterocycles. The molecule has 0 radical (unpaired) electrons. The predicted octanol–water partition coefficient (Wildman–Crippen LogP) is 17.5. The Morgan fingerprint density at radius 1 is 0.372 bits per heavy atom. The van der Waals surface area contributed by atoms with E-state index in [-0.39, 0.29) is 19.3 Å². The Labute approximate surface area is 472 Å². The van der Waals surface area contributed by atoms with Crippen molar-refractivity contribution < 1.29 is 52.2 Å². The molecule has 0 rings (SSSR count). The normalized spacial score (nSPS) is 14.6. The number of phosphoric acid groups is 1. The van der Waals surface area contributed by atoms with Crippen molar-refractivity contribution in [3.63, 3.8) is 0 Å². The summed E-state index contributed by atoms with van der Waals surface area (Å²) in [5, 5.41) is 9.83. The lowest BCUT2D eigenvalue weighted by molar-refractivity contribution is -0.160. The summed E-state index contributed by atoms with van der Waals surface area (Å²) in [6.45, 7) is 4.07. The fourth-order valence-corrected chi connectivity index (χ4v) is 7.66. The molecular weight excluding hydrogens is 1000 g/mol. The van der Waals surface area contributed by atoms with E-state index in [9.17, 15) is 28.9 Å². The first kappa shape index (κ1) is 72.8. The van der Waals surface area contributed by atoms with E-state index in [4.69, 9.17) is 23.3 Å². The second kappa shape index (κ2) is 58.0. The van der Waals surface area contributed by atoms with Crippen LogP contribution in [0.5, 0.6) is 0 Å². The van der Waals surface area contributed by atoms with E-state index in [0.29, 0.717) is 25.7 Å². The van der Waals surface area contributed by atoms with Crippen LogP contribution in [-0.2, 0) is 42.2 Å². The number of unbranched alkanes of at least 4 members (excludes halogenated alkanes) is 7. The first-order valence-electron chi connectivity index (χ1n) is 29.0. The number of carbonyl (C=O) groups excluding carboxylic acids is 3. The summed E-state index contributed by atoms with van der Waals surface area (Å²) in [5.74, 6) is -1.75. The number of hydrogen-bond acceptors (Lipinski definition) is 10. The van der Waals surface area contributed by atoms with E-state index < -0.39 is 64.4 Å². The van der Waals surface area contributed by atoms with Gasteiger partial charge in [-0.1, -0.05) is 223 Å². The number of aliphatic hydroxyl groups excluding tert-OH is 1. The van der Waals surface area contributed by atoms with E-state index in [1.165, 1.54) is 0 Å². The van der Waals surface area contributed by atoms with Gasteiger partial charge in [0.2, 0.25) is 0 Å². The fourth-order valence-electron chi connectivity index (χ4n) is 6.88. The van der Waals surface area contributed by atoms with Crippen molar-refractivity contribution in [3.05, 3.63) is 170 Å². The van der Waals surface area contributed by atoms with E-state index in [1.54, 1.807) is 6.08 Å². The SMILES string of the molecule is CC/C=C\C/C=C\C/C=C\C/C=C\C/C=C\C/C=C\CCC(=O)OC(COC(=O)C/C=C\C/C=C\C/C=C\C/C=C\C/C=C\CC)COP(=O)(O)OCC(CO)OC(=O)CCCCCCCCC/C=C\C/C=C\C/C=C\CC. The summed E-state index contributed by atoms with van der Waals surface area (Å²) in [6.07, 6.45) is 77.8. The molecule has 0 spiro atoms. The highest BCUT2D eigenvalue weighted by atomic mass is 31.2. The summed E-state index contributed by atoms with van der Waals surface area (Å²) in [5.41, 5.74) is 0. The van der Waals surface area contributed by atoms with Crippen LogP contribution in [-0.4, -0.2) is 66.5 Å². The Balaban J connectivity index is 4.95. The zero-order valence-electron chi connectivity index (χ0n) is 48.0. The summed E-state index contributed by atoms with van der Waals surface area (Å²) >= 11 is 0. The standard InChI is InChI=1S/C66H101O11P/c1-4-7-10-13-16-19-22-25-28-30-31-33-36-39-42-45-48-51-54-57-66(70)77-63(59-73-64(68)55-52-49-46-43-40-37-34-27-24-21-18-15-12-9-6-3)61-75-78(71,72)74-60-62(58-67)76-65(69)56-53-50-47-44-41-38-35-32-29-26-23-20-17-14-11-8-5-2/h7-12,16-21,25-29,31,33-34,39-40,42-43,48-49,51-52,62-63,67H,4-6,13-15,22-24,30,32,35-38,41,44-47,50,53-61H2,1-3H3,(H,71,72)/b10-7-,11-8-,12-9-,19-16-,20-17-,21-18-,28-25-,29-26-,33-31-,34-27-,42-39-,43-40-,51-48-,52-49-. The minimum Gasteiger partial charge on any atom is -0.461 e. The first-order valence-corrected chi connectivity index (χ1v) is 30.5. The van der Waals surface area contributed by atoms with E-state index in [2.05, 4.69) is 154 Å². The molecular formula is C66H101O11P. The van der Waals surface area contributed by atoms with Crippen molar-refractivity contribution in [3.8, 4) is 0 Å². The maximum absolute atomic E-state index is 12.9. The molecule has 0 fully saturated rings. The molecule has 3 atom stereocenters. The van der Waals surface area contributed by atoms with Gasteiger partial charge in [-0.15, -0.1) is 0 Å². The molecule has 0 bridgehead atoms. The van der Waals surface area contributed by atoms with Crippen molar-refractivity contribution >= 4 is 25.7 Å². The fraction of sp³-hybridized carbons (Fsp3) is 0.530. The lowest BCUT2D eigenvalue weighted by atomic mass is 10.1. The molecule has 2 N–H and O–H groups in total. The molecule has 0 aliphatic heterocycles. The van der Waals surface area contributed by atoms with Crippen molar-refractivity contribution in [2.75, 3.05) is 26.4 Å². The van der Waals surface area contributed by atoms with E-state index in [0.717, 1.165) is 122 Å². The number of hydrogen-bond donors (Lipinski definition) is 2. The quantitative estimate of drug-likeness (QED) is 0.0197. The number of allylic oxidation sites excluding steroid dienone is 27. The third kappa shape index (κ3) is 55.6. The van der Waals surface area contributed by atoms with Gasteiger partial charge in [-0.25, -0.2) is 4.57 Å². The molecule has 3 unspecified atom stereocenters. The maximum atomic E-state index is 12.9. The molecule has 0 aromatic carbocycles. The molecule has 12 heteroatoms. The number of phosphoric ester groups is 1. The molecule has 0 amide bonds. The number of rotatable bonds is 51. The molecule has 0 heterocycles. The van der Waals surface area contributed by atoms with Gasteiger partial charge >= 0.3 is 25.7 Å². The Morgan fingerprint density at radius 3 is 1.10 bits per heavy atom. The van der Waals surface area contributed by atoms with Gasteiger partial charge in [0, 0.05) is 12.8 Å². The monoisotopic (exact) mass is 1100 g/mol. The van der Waals surface area contributed by atoms with Gasteiger partial charge in [0.05, 0.1) is 26.2 Å². The van der Waals surface area contributed by atoms with Gasteiger partial charge in [-0.3, -0.25) is 23.4 Å². The van der Waals surface area contributed by atoms with Crippen LogP contribution >= 0.6 is 7.82 Å². The molecule has 11 nitrogen and oxygen atoms in total. The van der Waals surface area contributed by atoms with Crippen LogP contribution in [0.15, 0.2) is 170 Å².